The zero-order chi connectivity index (χ0) is 21.8. The fourth-order valence-corrected chi connectivity index (χ4v) is 3.46. The molecule has 0 spiro atoms. The number of rotatable bonds is 7. The Bertz CT molecular complexity index is 1050. The van der Waals surface area contributed by atoms with Crippen molar-refractivity contribution in [1.29, 1.82) is 0 Å². The van der Waals surface area contributed by atoms with Crippen molar-refractivity contribution in [3.8, 4) is 17.2 Å². The lowest BCUT2D eigenvalue weighted by Crippen LogP contribution is -2.28. The molecule has 1 atom stereocenters. The van der Waals surface area contributed by atoms with Crippen LogP contribution >= 0.6 is 0 Å². The van der Waals surface area contributed by atoms with Gasteiger partial charge in [-0.2, -0.15) is 0 Å². The normalized spacial score (nSPS) is 15.7. The maximum absolute atomic E-state index is 13.0. The highest BCUT2D eigenvalue weighted by Gasteiger charge is 2.31. The molecule has 1 fully saturated rings. The van der Waals surface area contributed by atoms with Crippen LogP contribution in [0.5, 0.6) is 17.2 Å². The average molecular weight is 427 g/mol. The van der Waals surface area contributed by atoms with E-state index < -0.39 is 0 Å². The van der Waals surface area contributed by atoms with E-state index in [2.05, 4.69) is 10.2 Å². The van der Waals surface area contributed by atoms with Crippen molar-refractivity contribution in [2.75, 3.05) is 27.3 Å². The fourth-order valence-electron chi connectivity index (χ4n) is 3.46. The summed E-state index contributed by atoms with van der Waals surface area (Å²) >= 11 is 0. The Balaban J connectivity index is 1.36. The minimum absolute atomic E-state index is 0.0452. The number of nitrogens with zero attached hydrogens (tertiary/aromatic N) is 3. The Morgan fingerprint density at radius 2 is 1.90 bits per heavy atom. The summed E-state index contributed by atoms with van der Waals surface area (Å²) in [6.07, 6.45) is 0.722. The molecule has 9 heteroatoms. The van der Waals surface area contributed by atoms with E-state index in [0.29, 0.717) is 47.7 Å². The predicted octanol–water partition coefficient (Wildman–Crippen LogP) is 3.43. The molecule has 0 aliphatic carbocycles. The van der Waals surface area contributed by atoms with Crippen LogP contribution < -0.4 is 14.2 Å². The van der Waals surface area contributed by atoms with Gasteiger partial charge in [0.25, 0.3) is 11.8 Å². The van der Waals surface area contributed by atoms with Gasteiger partial charge in [-0.3, -0.25) is 4.79 Å². The first-order chi connectivity index (χ1) is 15.1. The lowest BCUT2D eigenvalue weighted by atomic mass is 10.1. The minimum Gasteiger partial charge on any atom is -0.493 e. The maximum atomic E-state index is 13.0. The molecule has 8 nitrogen and oxygen atoms in total. The maximum Gasteiger partial charge on any atom is 0.254 e. The molecule has 1 amide bonds. The van der Waals surface area contributed by atoms with E-state index in [4.69, 9.17) is 18.6 Å². The number of halogens is 1. The van der Waals surface area contributed by atoms with E-state index in [9.17, 15) is 9.18 Å². The van der Waals surface area contributed by atoms with E-state index >= 15 is 0 Å². The van der Waals surface area contributed by atoms with Gasteiger partial charge in [-0.25, -0.2) is 4.39 Å². The zero-order valence-corrected chi connectivity index (χ0v) is 17.2. The molecule has 0 N–H and O–H groups in total. The quantitative estimate of drug-likeness (QED) is 0.571. The van der Waals surface area contributed by atoms with Gasteiger partial charge >= 0.3 is 0 Å². The van der Waals surface area contributed by atoms with E-state index in [1.807, 2.05) is 0 Å². The van der Waals surface area contributed by atoms with Crippen molar-refractivity contribution in [2.45, 2.75) is 18.9 Å². The molecule has 1 aliphatic heterocycles. The SMILES string of the molecule is COc1ccc(C(=O)N2CCC(c3nnc(COc4ccc(F)cc4)o3)C2)cc1OC. The number of carbonyl (C=O) groups is 1. The zero-order valence-electron chi connectivity index (χ0n) is 17.2. The van der Waals surface area contributed by atoms with Crippen molar-refractivity contribution in [1.82, 2.24) is 15.1 Å². The summed E-state index contributed by atoms with van der Waals surface area (Å²) in [6.45, 7) is 1.15. The van der Waals surface area contributed by atoms with Gasteiger partial charge in [0.2, 0.25) is 5.89 Å². The van der Waals surface area contributed by atoms with Gasteiger partial charge in [0.05, 0.1) is 20.1 Å². The number of methoxy groups -OCH3 is 2. The van der Waals surface area contributed by atoms with Crippen molar-refractivity contribution >= 4 is 5.91 Å². The number of amides is 1. The third-order valence-corrected chi connectivity index (χ3v) is 5.11. The number of hydrogen-bond donors (Lipinski definition) is 0. The third-order valence-electron chi connectivity index (χ3n) is 5.11. The molecule has 1 saturated heterocycles. The number of hydrogen-bond acceptors (Lipinski definition) is 7. The molecular formula is C22H22FN3O5. The van der Waals surface area contributed by atoms with Crippen molar-refractivity contribution in [2.24, 2.45) is 0 Å². The van der Waals surface area contributed by atoms with Crippen LogP contribution in [0.2, 0.25) is 0 Å². The Morgan fingerprint density at radius 1 is 1.13 bits per heavy atom. The summed E-state index contributed by atoms with van der Waals surface area (Å²) in [6, 6.07) is 10.8. The van der Waals surface area contributed by atoms with Crippen LogP contribution in [0.3, 0.4) is 0 Å². The monoisotopic (exact) mass is 427 g/mol. The minimum atomic E-state index is -0.333. The smallest absolute Gasteiger partial charge is 0.254 e. The lowest BCUT2D eigenvalue weighted by molar-refractivity contribution is 0.0789. The molecule has 2 heterocycles. The molecule has 4 rings (SSSR count). The number of likely N-dealkylation sites (tertiary alicyclic amines) is 1. The number of aromatic nitrogens is 2. The largest absolute Gasteiger partial charge is 0.493 e. The first-order valence-electron chi connectivity index (χ1n) is 9.79. The van der Waals surface area contributed by atoms with Crippen LogP contribution in [-0.2, 0) is 6.61 Å². The van der Waals surface area contributed by atoms with Crippen LogP contribution in [-0.4, -0.2) is 48.3 Å². The second kappa shape index (κ2) is 9.03. The van der Waals surface area contributed by atoms with E-state index in [1.54, 1.807) is 30.2 Å². The van der Waals surface area contributed by atoms with Gasteiger partial charge < -0.3 is 23.5 Å². The van der Waals surface area contributed by atoms with Gasteiger partial charge in [0, 0.05) is 18.7 Å². The van der Waals surface area contributed by atoms with E-state index in [0.717, 1.165) is 6.42 Å². The summed E-state index contributed by atoms with van der Waals surface area (Å²) in [5, 5.41) is 8.12. The number of carbonyl (C=O) groups excluding carboxylic acids is 1. The van der Waals surface area contributed by atoms with Gasteiger partial charge in [0.15, 0.2) is 18.1 Å². The van der Waals surface area contributed by atoms with Gasteiger partial charge in [-0.15, -0.1) is 10.2 Å². The second-order valence-electron chi connectivity index (χ2n) is 7.08. The highest BCUT2D eigenvalue weighted by molar-refractivity contribution is 5.95. The highest BCUT2D eigenvalue weighted by Crippen LogP contribution is 2.31. The third kappa shape index (κ3) is 4.60. The summed E-state index contributed by atoms with van der Waals surface area (Å²) in [4.78, 5) is 14.7. The van der Waals surface area contributed by atoms with Crippen LogP contribution in [0.15, 0.2) is 46.9 Å². The molecule has 2 aromatic carbocycles. The average Bonchev–Trinajstić information content (AvgIpc) is 3.47. The second-order valence-corrected chi connectivity index (χ2v) is 7.08. The molecule has 1 aliphatic rings. The van der Waals surface area contributed by atoms with Crippen LogP contribution in [0.4, 0.5) is 4.39 Å². The number of ether oxygens (including phenoxy) is 3. The van der Waals surface area contributed by atoms with Crippen LogP contribution in [0, 0.1) is 5.82 Å². The van der Waals surface area contributed by atoms with Crippen molar-refractivity contribution in [3.63, 3.8) is 0 Å². The molecule has 3 aromatic rings. The first kappa shape index (κ1) is 20.6. The Morgan fingerprint density at radius 3 is 2.65 bits per heavy atom. The first-order valence-corrected chi connectivity index (χ1v) is 9.79. The van der Waals surface area contributed by atoms with Crippen molar-refractivity contribution < 1.29 is 27.8 Å². The standard InChI is InChI=1S/C22H22FN3O5/c1-28-18-8-3-14(11-19(18)29-2)22(27)26-10-9-15(12-26)21-25-24-20(31-21)13-30-17-6-4-16(23)5-7-17/h3-8,11,15H,9-10,12-13H2,1-2H3. The van der Waals surface area contributed by atoms with E-state index in [-0.39, 0.29) is 24.2 Å². The summed E-state index contributed by atoms with van der Waals surface area (Å²) < 4.78 is 34.7. The molecule has 1 unspecified atom stereocenters. The summed E-state index contributed by atoms with van der Waals surface area (Å²) in [7, 11) is 3.08. The molecule has 0 saturated carbocycles. The highest BCUT2D eigenvalue weighted by atomic mass is 19.1. The Hall–Kier alpha value is -3.62. The molecular weight excluding hydrogens is 405 g/mol. The van der Waals surface area contributed by atoms with Crippen LogP contribution in [0.1, 0.15) is 34.5 Å². The molecule has 31 heavy (non-hydrogen) atoms. The number of benzene rings is 2. The van der Waals surface area contributed by atoms with E-state index in [1.165, 1.54) is 31.4 Å². The lowest BCUT2D eigenvalue weighted by Gasteiger charge is -2.17. The Labute approximate surface area is 178 Å². The van der Waals surface area contributed by atoms with Crippen molar-refractivity contribution in [3.05, 3.63) is 65.6 Å². The molecule has 162 valence electrons. The van der Waals surface area contributed by atoms with Gasteiger partial charge in [-0.1, -0.05) is 0 Å². The molecule has 0 radical (unpaired) electrons. The predicted molar refractivity (Wildman–Crippen MR) is 108 cm³/mol. The molecule has 0 bridgehead atoms. The Kier molecular flexibility index (Phi) is 6.01. The summed E-state index contributed by atoms with van der Waals surface area (Å²) in [5.41, 5.74) is 0.525. The van der Waals surface area contributed by atoms with Gasteiger partial charge in [-0.05, 0) is 48.9 Å². The topological polar surface area (TPSA) is 86.9 Å². The fraction of sp³-hybridized carbons (Fsp3) is 0.318. The van der Waals surface area contributed by atoms with Crippen LogP contribution in [0.25, 0.3) is 0 Å². The molecule has 1 aromatic heterocycles. The van der Waals surface area contributed by atoms with Gasteiger partial charge in [0.1, 0.15) is 11.6 Å². The summed E-state index contributed by atoms with van der Waals surface area (Å²) in [5.74, 6) is 1.91.